The maximum atomic E-state index is 5.76. The average molecular weight is 286 g/mol. The minimum atomic E-state index is 0.651. The molecular formula is C17H22N2S. The lowest BCUT2D eigenvalue weighted by Gasteiger charge is -2.35. The normalized spacial score (nSPS) is 18.1. The highest BCUT2D eigenvalue weighted by Gasteiger charge is 2.22. The van der Waals surface area contributed by atoms with Crippen LogP contribution < -0.4 is 10.6 Å². The maximum Gasteiger partial charge on any atom is 0.0440 e. The van der Waals surface area contributed by atoms with Gasteiger partial charge in [0.15, 0.2) is 0 Å². The smallest absolute Gasteiger partial charge is 0.0440 e. The summed E-state index contributed by atoms with van der Waals surface area (Å²) in [5.41, 5.74) is 10.1. The standard InChI is InChI=1S/C17H22N2S/c1-12-7-14-5-3-4-6-17(14)19(10-12)11-15-8-16(9-18)20-13(15)2/h3-6,8,12H,7,9-11,18H2,1-2H3. The van der Waals surface area contributed by atoms with Gasteiger partial charge in [-0.1, -0.05) is 25.1 Å². The molecule has 106 valence electrons. The van der Waals surface area contributed by atoms with E-state index in [0.717, 1.165) is 19.0 Å². The van der Waals surface area contributed by atoms with Crippen LogP contribution in [0, 0.1) is 12.8 Å². The van der Waals surface area contributed by atoms with E-state index < -0.39 is 0 Å². The predicted molar refractivity (Wildman–Crippen MR) is 87.3 cm³/mol. The molecule has 20 heavy (non-hydrogen) atoms. The van der Waals surface area contributed by atoms with Gasteiger partial charge in [0.05, 0.1) is 0 Å². The second-order valence-electron chi connectivity index (χ2n) is 5.82. The van der Waals surface area contributed by atoms with Crippen molar-refractivity contribution >= 4 is 17.0 Å². The molecule has 2 N–H and O–H groups in total. The van der Waals surface area contributed by atoms with Gasteiger partial charge in [0, 0.05) is 35.1 Å². The van der Waals surface area contributed by atoms with Gasteiger partial charge in [0.1, 0.15) is 0 Å². The minimum Gasteiger partial charge on any atom is -0.367 e. The van der Waals surface area contributed by atoms with Crippen molar-refractivity contribution in [3.8, 4) is 0 Å². The molecule has 1 aromatic heterocycles. The molecule has 0 bridgehead atoms. The van der Waals surface area contributed by atoms with Gasteiger partial charge in [0.25, 0.3) is 0 Å². The summed E-state index contributed by atoms with van der Waals surface area (Å²) in [7, 11) is 0. The number of aryl methyl sites for hydroxylation is 1. The molecule has 1 atom stereocenters. The number of para-hydroxylation sites is 1. The zero-order valence-corrected chi connectivity index (χ0v) is 13.0. The molecule has 0 amide bonds. The van der Waals surface area contributed by atoms with Crippen molar-refractivity contribution in [3.05, 3.63) is 51.2 Å². The Labute approximate surface area is 125 Å². The number of anilines is 1. The van der Waals surface area contributed by atoms with Crippen molar-refractivity contribution in [2.75, 3.05) is 11.4 Å². The van der Waals surface area contributed by atoms with Gasteiger partial charge in [0.2, 0.25) is 0 Å². The number of rotatable bonds is 3. The van der Waals surface area contributed by atoms with Gasteiger partial charge >= 0.3 is 0 Å². The Morgan fingerprint density at radius 3 is 2.90 bits per heavy atom. The van der Waals surface area contributed by atoms with E-state index in [1.165, 1.54) is 33.0 Å². The van der Waals surface area contributed by atoms with Gasteiger partial charge in [-0.2, -0.15) is 0 Å². The Balaban J connectivity index is 1.88. The molecule has 3 heteroatoms. The molecule has 0 saturated heterocycles. The van der Waals surface area contributed by atoms with E-state index in [4.69, 9.17) is 5.73 Å². The summed E-state index contributed by atoms with van der Waals surface area (Å²) in [6, 6.07) is 11.1. The Morgan fingerprint density at radius 2 is 2.15 bits per heavy atom. The Morgan fingerprint density at radius 1 is 1.35 bits per heavy atom. The molecule has 1 aliphatic heterocycles. The maximum absolute atomic E-state index is 5.76. The fourth-order valence-electron chi connectivity index (χ4n) is 3.11. The molecule has 0 spiro atoms. The largest absolute Gasteiger partial charge is 0.367 e. The second-order valence-corrected chi connectivity index (χ2v) is 7.16. The number of thiophene rings is 1. The van der Waals surface area contributed by atoms with Crippen molar-refractivity contribution in [2.45, 2.75) is 33.4 Å². The molecule has 0 saturated carbocycles. The number of nitrogens with zero attached hydrogens (tertiary/aromatic N) is 1. The van der Waals surface area contributed by atoms with Crippen LogP contribution in [0.1, 0.15) is 27.8 Å². The van der Waals surface area contributed by atoms with Crippen molar-refractivity contribution in [3.63, 3.8) is 0 Å². The topological polar surface area (TPSA) is 29.3 Å². The monoisotopic (exact) mass is 286 g/mol. The van der Waals surface area contributed by atoms with E-state index in [0.29, 0.717) is 6.54 Å². The average Bonchev–Trinajstić information content (AvgIpc) is 2.79. The zero-order valence-electron chi connectivity index (χ0n) is 12.2. The summed E-state index contributed by atoms with van der Waals surface area (Å²) >= 11 is 1.83. The van der Waals surface area contributed by atoms with Gasteiger partial charge in [-0.25, -0.2) is 0 Å². The molecule has 2 heterocycles. The summed E-state index contributed by atoms with van der Waals surface area (Å²) < 4.78 is 0. The molecule has 0 aliphatic carbocycles. The fourth-order valence-corrected chi connectivity index (χ4v) is 4.04. The van der Waals surface area contributed by atoms with Crippen molar-refractivity contribution in [1.82, 2.24) is 0 Å². The summed E-state index contributed by atoms with van der Waals surface area (Å²) in [6.07, 6.45) is 1.20. The van der Waals surface area contributed by atoms with E-state index in [1.54, 1.807) is 0 Å². The van der Waals surface area contributed by atoms with Gasteiger partial charge in [-0.3, -0.25) is 0 Å². The molecular weight excluding hydrogens is 264 g/mol. The number of fused-ring (bicyclic) bond motifs is 1. The number of hydrogen-bond donors (Lipinski definition) is 1. The van der Waals surface area contributed by atoms with Crippen molar-refractivity contribution in [1.29, 1.82) is 0 Å². The van der Waals surface area contributed by atoms with E-state index in [1.807, 2.05) is 11.3 Å². The first kappa shape index (κ1) is 13.7. The summed E-state index contributed by atoms with van der Waals surface area (Å²) in [5.74, 6) is 0.720. The van der Waals surface area contributed by atoms with E-state index in [-0.39, 0.29) is 0 Å². The number of hydrogen-bond acceptors (Lipinski definition) is 3. The van der Waals surface area contributed by atoms with Crippen LogP contribution in [0.15, 0.2) is 30.3 Å². The Bertz CT molecular complexity index is 603. The van der Waals surface area contributed by atoms with Gasteiger partial charge in [-0.05, 0) is 42.5 Å². The van der Waals surface area contributed by atoms with Crippen LogP contribution in [-0.2, 0) is 19.5 Å². The summed E-state index contributed by atoms with van der Waals surface area (Å²) in [4.78, 5) is 5.22. The lowest BCUT2D eigenvalue weighted by molar-refractivity contribution is 0.530. The van der Waals surface area contributed by atoms with Gasteiger partial charge < -0.3 is 10.6 Å². The van der Waals surface area contributed by atoms with Crippen molar-refractivity contribution in [2.24, 2.45) is 11.7 Å². The third-order valence-corrected chi connectivity index (χ3v) is 5.18. The molecule has 0 radical (unpaired) electrons. The summed E-state index contributed by atoms with van der Waals surface area (Å²) in [5, 5.41) is 0. The van der Waals surface area contributed by atoms with E-state index in [2.05, 4.69) is 49.1 Å². The third kappa shape index (κ3) is 2.60. The molecule has 2 aromatic rings. The first-order chi connectivity index (χ1) is 9.67. The highest BCUT2D eigenvalue weighted by atomic mass is 32.1. The van der Waals surface area contributed by atoms with E-state index >= 15 is 0 Å². The van der Waals surface area contributed by atoms with Crippen LogP contribution in [0.4, 0.5) is 5.69 Å². The highest BCUT2D eigenvalue weighted by Crippen LogP contribution is 2.32. The zero-order chi connectivity index (χ0) is 14.1. The first-order valence-electron chi connectivity index (χ1n) is 7.28. The Hall–Kier alpha value is -1.32. The van der Waals surface area contributed by atoms with Crippen LogP contribution >= 0.6 is 11.3 Å². The lowest BCUT2D eigenvalue weighted by Crippen LogP contribution is -2.33. The quantitative estimate of drug-likeness (QED) is 0.932. The van der Waals surface area contributed by atoms with Crippen LogP contribution in [0.2, 0.25) is 0 Å². The molecule has 1 unspecified atom stereocenters. The molecule has 1 aromatic carbocycles. The fraction of sp³-hybridized carbons (Fsp3) is 0.412. The SMILES string of the molecule is Cc1sc(CN)cc1CN1CC(C)Cc2ccccc21. The van der Waals surface area contributed by atoms with Crippen LogP contribution in [0.5, 0.6) is 0 Å². The number of benzene rings is 1. The van der Waals surface area contributed by atoms with Crippen LogP contribution in [0.25, 0.3) is 0 Å². The van der Waals surface area contributed by atoms with Crippen molar-refractivity contribution < 1.29 is 0 Å². The summed E-state index contributed by atoms with van der Waals surface area (Å²) in [6.45, 7) is 7.35. The second kappa shape index (κ2) is 5.58. The molecule has 0 fully saturated rings. The van der Waals surface area contributed by atoms with Gasteiger partial charge in [-0.15, -0.1) is 11.3 Å². The van der Waals surface area contributed by atoms with Crippen LogP contribution in [-0.4, -0.2) is 6.54 Å². The molecule has 3 rings (SSSR count). The molecule has 1 aliphatic rings. The highest BCUT2D eigenvalue weighted by molar-refractivity contribution is 7.12. The first-order valence-corrected chi connectivity index (χ1v) is 8.10. The van der Waals surface area contributed by atoms with Crippen LogP contribution in [0.3, 0.4) is 0 Å². The Kier molecular flexibility index (Phi) is 3.81. The minimum absolute atomic E-state index is 0.651. The lowest BCUT2D eigenvalue weighted by atomic mass is 9.93. The predicted octanol–water partition coefficient (Wildman–Crippen LogP) is 3.71. The molecule has 2 nitrogen and oxygen atoms in total. The van der Waals surface area contributed by atoms with E-state index in [9.17, 15) is 0 Å². The number of nitrogens with two attached hydrogens (primary N) is 1. The third-order valence-electron chi connectivity index (χ3n) is 4.07.